The number of H-pyrrole nitrogens is 1. The average Bonchev–Trinajstić information content (AvgIpc) is 3.17. The maximum absolute atomic E-state index is 12.8. The molecule has 1 amide bonds. The number of hydrogen-bond acceptors (Lipinski definition) is 4. The standard InChI is InChI=1S/C22H25N5O/c1-2-18(16-6-4-3-5-7-16)22-19-15-27(13-10-20(19)25-26-22)21(28)9-8-17-14-23-11-12-24-17/h3-7,11-12,14,18H,2,8-10,13,15H2,1H3,(H,25,26)/t18-/m0/s1. The molecule has 0 saturated heterocycles. The molecule has 0 aliphatic carbocycles. The number of aromatic amines is 1. The number of fused-ring (bicyclic) bond motifs is 1. The number of aromatic nitrogens is 4. The van der Waals surface area contributed by atoms with Crippen molar-refractivity contribution in [3.05, 3.63) is 77.1 Å². The summed E-state index contributed by atoms with van der Waals surface area (Å²) < 4.78 is 0. The van der Waals surface area contributed by atoms with Crippen molar-refractivity contribution in [1.82, 2.24) is 25.1 Å². The van der Waals surface area contributed by atoms with Crippen LogP contribution in [-0.2, 0) is 24.2 Å². The topological polar surface area (TPSA) is 74.8 Å². The van der Waals surface area contributed by atoms with Crippen LogP contribution in [0.5, 0.6) is 0 Å². The number of hydrogen-bond donors (Lipinski definition) is 1. The summed E-state index contributed by atoms with van der Waals surface area (Å²) in [6, 6.07) is 10.5. The van der Waals surface area contributed by atoms with Crippen molar-refractivity contribution in [3.63, 3.8) is 0 Å². The van der Waals surface area contributed by atoms with Gasteiger partial charge in [-0.25, -0.2) is 0 Å². The lowest BCUT2D eigenvalue weighted by Crippen LogP contribution is -2.36. The monoisotopic (exact) mass is 375 g/mol. The first-order valence-corrected chi connectivity index (χ1v) is 9.90. The number of carbonyl (C=O) groups is 1. The van der Waals surface area contributed by atoms with Gasteiger partial charge in [0.25, 0.3) is 0 Å². The molecule has 0 radical (unpaired) electrons. The van der Waals surface area contributed by atoms with Crippen LogP contribution in [0.2, 0.25) is 0 Å². The molecule has 28 heavy (non-hydrogen) atoms. The highest BCUT2D eigenvalue weighted by Gasteiger charge is 2.28. The molecule has 4 rings (SSSR count). The van der Waals surface area contributed by atoms with E-state index in [4.69, 9.17) is 0 Å². The Bertz CT molecular complexity index is 923. The van der Waals surface area contributed by atoms with E-state index in [1.807, 2.05) is 11.0 Å². The highest BCUT2D eigenvalue weighted by atomic mass is 16.2. The first kappa shape index (κ1) is 18.3. The molecule has 1 N–H and O–H groups in total. The highest BCUT2D eigenvalue weighted by Crippen LogP contribution is 2.32. The number of benzene rings is 1. The maximum atomic E-state index is 12.8. The Morgan fingerprint density at radius 2 is 2.11 bits per heavy atom. The maximum Gasteiger partial charge on any atom is 0.223 e. The molecule has 0 fully saturated rings. The molecule has 144 valence electrons. The van der Waals surface area contributed by atoms with Crippen LogP contribution < -0.4 is 0 Å². The van der Waals surface area contributed by atoms with Gasteiger partial charge < -0.3 is 4.90 Å². The lowest BCUT2D eigenvalue weighted by molar-refractivity contribution is -0.132. The quantitative estimate of drug-likeness (QED) is 0.718. The third-order valence-electron chi connectivity index (χ3n) is 5.47. The number of carbonyl (C=O) groups excluding carboxylic acids is 1. The minimum atomic E-state index is 0.163. The number of aryl methyl sites for hydroxylation is 1. The molecule has 0 spiro atoms. The van der Waals surface area contributed by atoms with Crippen LogP contribution in [0, 0.1) is 0 Å². The van der Waals surface area contributed by atoms with E-state index in [0.29, 0.717) is 19.4 Å². The fraction of sp³-hybridized carbons (Fsp3) is 0.364. The summed E-state index contributed by atoms with van der Waals surface area (Å²) in [5.74, 6) is 0.409. The van der Waals surface area contributed by atoms with Gasteiger partial charge >= 0.3 is 0 Å². The van der Waals surface area contributed by atoms with Crippen LogP contribution in [0.4, 0.5) is 0 Å². The minimum Gasteiger partial charge on any atom is -0.338 e. The zero-order chi connectivity index (χ0) is 19.3. The van der Waals surface area contributed by atoms with E-state index in [1.165, 1.54) is 16.8 Å². The van der Waals surface area contributed by atoms with E-state index in [2.05, 4.69) is 51.4 Å². The van der Waals surface area contributed by atoms with Crippen LogP contribution in [-0.4, -0.2) is 37.5 Å². The Labute approximate surface area is 165 Å². The summed E-state index contributed by atoms with van der Waals surface area (Å²) in [4.78, 5) is 23.0. The predicted octanol–water partition coefficient (Wildman–Crippen LogP) is 3.26. The van der Waals surface area contributed by atoms with E-state index in [0.717, 1.165) is 30.8 Å². The molecule has 2 aromatic heterocycles. The van der Waals surface area contributed by atoms with E-state index >= 15 is 0 Å². The van der Waals surface area contributed by atoms with Gasteiger partial charge in [-0.15, -0.1) is 0 Å². The smallest absolute Gasteiger partial charge is 0.223 e. The van der Waals surface area contributed by atoms with Crippen LogP contribution in [0.1, 0.15) is 53.9 Å². The summed E-state index contributed by atoms with van der Waals surface area (Å²) in [5, 5.41) is 7.87. The number of nitrogens with one attached hydrogen (secondary N) is 1. The summed E-state index contributed by atoms with van der Waals surface area (Å²) in [6.07, 6.45) is 7.91. The SMILES string of the molecule is CC[C@@H](c1ccccc1)c1n[nH]c2c1CN(C(=O)CCc1cnccn1)CC2. The van der Waals surface area contributed by atoms with Gasteiger partial charge in [0.05, 0.1) is 11.4 Å². The molecule has 0 bridgehead atoms. The zero-order valence-corrected chi connectivity index (χ0v) is 16.1. The molecular weight excluding hydrogens is 350 g/mol. The van der Waals surface area contributed by atoms with Gasteiger partial charge in [0.2, 0.25) is 5.91 Å². The molecule has 1 aliphatic heterocycles. The van der Waals surface area contributed by atoms with Crippen molar-refractivity contribution < 1.29 is 4.79 Å². The first-order chi connectivity index (χ1) is 13.8. The van der Waals surface area contributed by atoms with Gasteiger partial charge in [-0.2, -0.15) is 5.10 Å². The van der Waals surface area contributed by atoms with Gasteiger partial charge in [0.1, 0.15) is 0 Å². The number of amides is 1. The van der Waals surface area contributed by atoms with Crippen LogP contribution in [0.25, 0.3) is 0 Å². The lowest BCUT2D eigenvalue weighted by atomic mass is 9.89. The molecule has 3 heterocycles. The van der Waals surface area contributed by atoms with Crippen molar-refractivity contribution in [2.24, 2.45) is 0 Å². The summed E-state index contributed by atoms with van der Waals surface area (Å²) in [5.41, 5.74) is 5.56. The van der Waals surface area contributed by atoms with Crippen molar-refractivity contribution in [2.75, 3.05) is 6.54 Å². The van der Waals surface area contributed by atoms with Gasteiger partial charge in [0, 0.05) is 61.7 Å². The zero-order valence-electron chi connectivity index (χ0n) is 16.1. The lowest BCUT2D eigenvalue weighted by Gasteiger charge is -2.28. The highest BCUT2D eigenvalue weighted by molar-refractivity contribution is 5.76. The third kappa shape index (κ3) is 3.81. The Balaban J connectivity index is 1.49. The van der Waals surface area contributed by atoms with E-state index < -0.39 is 0 Å². The fourth-order valence-corrected chi connectivity index (χ4v) is 3.94. The third-order valence-corrected chi connectivity index (χ3v) is 5.47. The van der Waals surface area contributed by atoms with Crippen LogP contribution in [0.15, 0.2) is 48.9 Å². The van der Waals surface area contributed by atoms with Crippen molar-refractivity contribution >= 4 is 5.91 Å². The second kappa shape index (κ2) is 8.33. The van der Waals surface area contributed by atoms with E-state index in [1.54, 1.807) is 18.6 Å². The Hall–Kier alpha value is -3.02. The molecule has 3 aromatic rings. The van der Waals surface area contributed by atoms with Crippen molar-refractivity contribution in [3.8, 4) is 0 Å². The van der Waals surface area contributed by atoms with Crippen LogP contribution in [0.3, 0.4) is 0 Å². The molecule has 6 nitrogen and oxygen atoms in total. The van der Waals surface area contributed by atoms with Gasteiger partial charge in [0.15, 0.2) is 0 Å². The van der Waals surface area contributed by atoms with Crippen LogP contribution >= 0.6 is 0 Å². The van der Waals surface area contributed by atoms with E-state index in [-0.39, 0.29) is 11.8 Å². The largest absolute Gasteiger partial charge is 0.338 e. The Morgan fingerprint density at radius 3 is 2.86 bits per heavy atom. The number of nitrogens with zero attached hydrogens (tertiary/aromatic N) is 4. The van der Waals surface area contributed by atoms with Gasteiger partial charge in [-0.3, -0.25) is 19.9 Å². The average molecular weight is 375 g/mol. The molecule has 0 unspecified atom stereocenters. The molecular formula is C22H25N5O. The predicted molar refractivity (Wildman–Crippen MR) is 107 cm³/mol. The van der Waals surface area contributed by atoms with Gasteiger partial charge in [-0.05, 0) is 18.4 Å². The first-order valence-electron chi connectivity index (χ1n) is 9.90. The van der Waals surface area contributed by atoms with Crippen molar-refractivity contribution in [1.29, 1.82) is 0 Å². The molecule has 6 heteroatoms. The fourth-order valence-electron chi connectivity index (χ4n) is 3.94. The summed E-state index contributed by atoms with van der Waals surface area (Å²) in [6.45, 7) is 3.55. The second-order valence-corrected chi connectivity index (χ2v) is 7.20. The molecule has 0 saturated carbocycles. The second-order valence-electron chi connectivity index (χ2n) is 7.20. The Morgan fingerprint density at radius 1 is 1.25 bits per heavy atom. The summed E-state index contributed by atoms with van der Waals surface area (Å²) >= 11 is 0. The normalized spacial score (nSPS) is 14.5. The molecule has 1 aliphatic rings. The van der Waals surface area contributed by atoms with E-state index in [9.17, 15) is 4.79 Å². The number of rotatable bonds is 6. The Kier molecular flexibility index (Phi) is 5.46. The summed E-state index contributed by atoms with van der Waals surface area (Å²) in [7, 11) is 0. The van der Waals surface area contributed by atoms with Gasteiger partial charge in [-0.1, -0.05) is 37.3 Å². The molecule has 1 aromatic carbocycles. The molecule has 1 atom stereocenters. The minimum absolute atomic E-state index is 0.163. The van der Waals surface area contributed by atoms with Crippen molar-refractivity contribution in [2.45, 2.75) is 45.1 Å².